The highest BCUT2D eigenvalue weighted by molar-refractivity contribution is 6.00. The maximum Gasteiger partial charge on any atom is 0.276 e. The Kier molecular flexibility index (Phi) is 30.6. The van der Waals surface area contributed by atoms with E-state index in [-0.39, 0.29) is 61.6 Å². The Balaban J connectivity index is 1.69. The van der Waals surface area contributed by atoms with Crippen LogP contribution in [0.2, 0.25) is 0 Å². The number of carbonyl (C=O) groups excluding carboxylic acids is 10. The van der Waals surface area contributed by atoms with Crippen LogP contribution in [-0.4, -0.2) is 187 Å². The lowest BCUT2D eigenvalue weighted by atomic mass is 9.85. The summed E-state index contributed by atoms with van der Waals surface area (Å²) < 4.78 is 15.6. The Hall–Kier alpha value is -6.21. The lowest BCUT2D eigenvalue weighted by Crippen LogP contribution is -2.65. The average molecular weight is 1220 g/mol. The van der Waals surface area contributed by atoms with Crippen molar-refractivity contribution >= 4 is 59.1 Å². The van der Waals surface area contributed by atoms with Crippen molar-refractivity contribution in [2.75, 3.05) is 66.7 Å². The predicted octanol–water partition coefficient (Wildman–Crippen LogP) is 2.93. The number of nitrogens with zero attached hydrogens (tertiary/aromatic N) is 3. The first-order valence-corrected chi connectivity index (χ1v) is 31.0. The Labute approximate surface area is 510 Å². The molecule has 1 aliphatic carbocycles. The largest absolute Gasteiger partial charge is 0.448 e. The predicted molar refractivity (Wildman–Crippen MR) is 325 cm³/mol. The molecule has 2 aliphatic rings. The normalized spacial score (nSPS) is 16.5. The number of ether oxygens (including phenoxy) is 2. The van der Waals surface area contributed by atoms with Crippen molar-refractivity contribution in [1.29, 1.82) is 0 Å². The fourth-order valence-electron chi connectivity index (χ4n) is 10.4. The van der Waals surface area contributed by atoms with Crippen LogP contribution in [0.5, 0.6) is 0 Å². The Morgan fingerprint density at radius 3 is 1.63 bits per heavy atom. The molecule has 0 spiro atoms. The summed E-state index contributed by atoms with van der Waals surface area (Å²) in [6, 6.07) is -5.38. The van der Waals surface area contributed by atoms with Gasteiger partial charge in [0.2, 0.25) is 53.2 Å². The van der Waals surface area contributed by atoms with E-state index in [4.69, 9.17) is 13.9 Å². The van der Waals surface area contributed by atoms with Gasteiger partial charge in [-0.15, -0.1) is 0 Å². The lowest BCUT2D eigenvalue weighted by Gasteiger charge is -2.34. The first-order valence-electron chi connectivity index (χ1n) is 31.0. The minimum absolute atomic E-state index is 0.00189. The summed E-state index contributed by atoms with van der Waals surface area (Å²) in [5, 5.41) is 25.2. The van der Waals surface area contributed by atoms with E-state index >= 15 is 0 Å². The molecule has 3 rings (SSSR count). The highest BCUT2D eigenvalue weighted by atomic mass is 16.5. The smallest absolute Gasteiger partial charge is 0.276 e. The minimum Gasteiger partial charge on any atom is -0.448 e. The van der Waals surface area contributed by atoms with Crippen molar-refractivity contribution in [3.05, 3.63) is 17.8 Å². The summed E-state index contributed by atoms with van der Waals surface area (Å²) in [5.41, 5.74) is -4.63. The third kappa shape index (κ3) is 25.2. The molecule has 0 radical (unpaired) electrons. The van der Waals surface area contributed by atoms with Crippen LogP contribution in [-0.2, 0) is 52.6 Å². The van der Waals surface area contributed by atoms with Gasteiger partial charge in [0.25, 0.3) is 5.91 Å². The van der Waals surface area contributed by atoms with Gasteiger partial charge < -0.3 is 66.6 Å². The van der Waals surface area contributed by atoms with Gasteiger partial charge in [-0.3, -0.25) is 52.8 Å². The number of aromatic nitrogens is 1. The quantitative estimate of drug-likeness (QED) is 0.0463. The van der Waals surface area contributed by atoms with Crippen LogP contribution in [0.3, 0.4) is 0 Å². The molecule has 1 saturated carbocycles. The van der Waals surface area contributed by atoms with Crippen LogP contribution >= 0.6 is 0 Å². The number of methoxy groups -OCH3 is 2. The van der Waals surface area contributed by atoms with Gasteiger partial charge in [-0.1, -0.05) is 73.6 Å². The van der Waals surface area contributed by atoms with Crippen LogP contribution in [0.15, 0.2) is 10.7 Å². The van der Waals surface area contributed by atoms with Crippen LogP contribution in [0.25, 0.3) is 0 Å². The van der Waals surface area contributed by atoms with Gasteiger partial charge >= 0.3 is 0 Å². The second-order valence-corrected chi connectivity index (χ2v) is 26.1. The van der Waals surface area contributed by atoms with Crippen LogP contribution in [0.1, 0.15) is 183 Å². The number of hydrogen-bond acceptors (Lipinski definition) is 15. The van der Waals surface area contributed by atoms with Crippen LogP contribution in [0, 0.1) is 30.6 Å². The molecular weight excluding hydrogens is 1110 g/mol. The molecule has 2 fully saturated rings. The zero-order valence-corrected chi connectivity index (χ0v) is 54.3. The topological polar surface area (TPSA) is 330 Å². The van der Waals surface area contributed by atoms with Crippen molar-refractivity contribution in [3.8, 4) is 0 Å². The van der Waals surface area contributed by atoms with E-state index in [2.05, 4.69) is 57.7 Å². The van der Waals surface area contributed by atoms with E-state index in [1.807, 2.05) is 41.5 Å². The molecule has 0 unspecified atom stereocenters. The molecule has 9 N–H and O–H groups in total. The summed E-state index contributed by atoms with van der Waals surface area (Å²) in [5.74, 6) is -5.47. The maximum absolute atomic E-state index is 14.4. The maximum atomic E-state index is 14.4. The van der Waals surface area contributed by atoms with Gasteiger partial charge in [-0.2, -0.15) is 0 Å². The first-order chi connectivity index (χ1) is 40.3. The lowest BCUT2D eigenvalue weighted by molar-refractivity contribution is -0.139. The number of nitrogens with one attached hydrogen (secondary N) is 9. The second-order valence-electron chi connectivity index (χ2n) is 26.1. The standard InChI is InChI=1S/C61H106N12O13/c1-38(2)34-44(51(76)67-46(36-40(5)6)53(78)70-61(12,13)58(83)71-59(8,9)56(81)63-26-25-49(74)62-27-29-72(30-32-84-14)31-33-85-15)68-57(82)60(10,11)69-52(77)45(35-39(3)4)66-50(75)43(24-23-42-20-17-16-18-21-42)65-54(79)48-22-19-28-73(48)55(80)47-37-86-41(7)64-47/h37-40,42-46,48H,16-36H2,1-15H3,(H,62,74)(H,63,81)(H,65,79)(H,66,75)(H,67,76)(H,68,82)(H,69,77)(H,70,78)(H,71,83)/t43-,44-,45-,46-,48-/m0/s1. The number of carbonyl (C=O) groups is 10. The highest BCUT2D eigenvalue weighted by Gasteiger charge is 2.42. The van der Waals surface area contributed by atoms with Crippen molar-refractivity contribution in [2.45, 2.75) is 220 Å². The molecule has 0 aromatic carbocycles. The molecular formula is C61H106N12O13. The van der Waals surface area contributed by atoms with Crippen LogP contribution in [0.4, 0.5) is 0 Å². The van der Waals surface area contributed by atoms with E-state index in [1.54, 1.807) is 21.1 Å². The molecule has 1 saturated heterocycles. The summed E-state index contributed by atoms with van der Waals surface area (Å²) in [6.45, 7) is 25.4. The van der Waals surface area contributed by atoms with Crippen molar-refractivity contribution < 1.29 is 61.8 Å². The first kappa shape index (κ1) is 74.0. The number of hydrogen-bond donors (Lipinski definition) is 9. The van der Waals surface area contributed by atoms with Crippen molar-refractivity contribution in [3.63, 3.8) is 0 Å². The summed E-state index contributed by atoms with van der Waals surface area (Å²) in [4.78, 5) is 146. The number of likely N-dealkylation sites (tertiary alicyclic amines) is 1. The van der Waals surface area contributed by atoms with Gasteiger partial charge in [0.05, 0.1) is 13.2 Å². The SMILES string of the molecule is COCCN(CCNC(=O)CCNC(=O)C(C)(C)NC(=O)C(C)(C)NC(=O)[C@H](CC(C)C)NC(=O)[C@H](CC(C)C)NC(=O)C(C)(C)NC(=O)[C@H](CC(C)C)NC(=O)[C@H](CCC1CCCCC1)NC(=O)[C@@H]1CCCN1C(=O)c1coc(C)n1)CCOC. The minimum atomic E-state index is -1.65. The Morgan fingerprint density at radius 2 is 1.12 bits per heavy atom. The van der Waals surface area contributed by atoms with E-state index in [9.17, 15) is 47.9 Å². The Bertz CT molecular complexity index is 2390. The monoisotopic (exact) mass is 1210 g/mol. The van der Waals surface area contributed by atoms with Gasteiger partial charge in [0, 0.05) is 66.8 Å². The number of rotatable bonds is 37. The second kappa shape index (κ2) is 35.6. The molecule has 25 heteroatoms. The van der Waals surface area contributed by atoms with E-state index in [0.29, 0.717) is 83.4 Å². The van der Waals surface area contributed by atoms with E-state index in [0.717, 1.165) is 32.1 Å². The molecule has 2 heterocycles. The van der Waals surface area contributed by atoms with Gasteiger partial charge in [-0.25, -0.2) is 4.98 Å². The third-order valence-corrected chi connectivity index (χ3v) is 15.5. The zero-order chi connectivity index (χ0) is 64.5. The number of aryl methyl sites for hydroxylation is 1. The van der Waals surface area contributed by atoms with Gasteiger partial charge in [0.1, 0.15) is 53.1 Å². The van der Waals surface area contributed by atoms with Crippen molar-refractivity contribution in [1.82, 2.24) is 62.6 Å². The fourth-order valence-corrected chi connectivity index (χ4v) is 10.4. The molecule has 5 atom stereocenters. The highest BCUT2D eigenvalue weighted by Crippen LogP contribution is 2.28. The molecule has 488 valence electrons. The van der Waals surface area contributed by atoms with Crippen LogP contribution < -0.4 is 47.9 Å². The average Bonchev–Trinajstić information content (AvgIpc) is 2.76. The van der Waals surface area contributed by atoms with Crippen molar-refractivity contribution in [2.24, 2.45) is 23.7 Å². The summed E-state index contributed by atoms with van der Waals surface area (Å²) >= 11 is 0. The zero-order valence-electron chi connectivity index (χ0n) is 54.3. The molecule has 10 amide bonds. The third-order valence-electron chi connectivity index (χ3n) is 15.5. The van der Waals surface area contributed by atoms with E-state index in [1.165, 1.54) is 52.7 Å². The fraction of sp³-hybridized carbons (Fsp3) is 0.787. The van der Waals surface area contributed by atoms with E-state index < -0.39 is 100.0 Å². The molecule has 1 aromatic rings. The molecule has 0 bridgehead atoms. The molecule has 1 aliphatic heterocycles. The number of oxazole rings is 1. The van der Waals surface area contributed by atoms with Gasteiger partial charge in [0.15, 0.2) is 11.6 Å². The number of amides is 10. The molecule has 1 aromatic heterocycles. The summed E-state index contributed by atoms with van der Waals surface area (Å²) in [7, 11) is 3.24. The van der Waals surface area contributed by atoms with Gasteiger partial charge in [-0.05, 0) is 110 Å². The molecule has 25 nitrogen and oxygen atoms in total. The molecule has 86 heavy (non-hydrogen) atoms. The summed E-state index contributed by atoms with van der Waals surface area (Å²) in [6.07, 6.45) is 8.98. The Morgan fingerprint density at radius 1 is 0.605 bits per heavy atom.